The summed E-state index contributed by atoms with van der Waals surface area (Å²) in [7, 11) is -3.89. The molecule has 0 atom stereocenters. The van der Waals surface area contributed by atoms with Crippen LogP contribution in [0.15, 0.2) is 29.2 Å². The van der Waals surface area contributed by atoms with Gasteiger partial charge in [0.15, 0.2) is 0 Å². The number of hydrogen-bond donors (Lipinski definition) is 1. The van der Waals surface area contributed by atoms with Crippen molar-refractivity contribution in [2.45, 2.75) is 95.3 Å². The van der Waals surface area contributed by atoms with E-state index in [0.717, 1.165) is 54.0 Å². The zero-order valence-corrected chi connectivity index (χ0v) is 23.3. The van der Waals surface area contributed by atoms with Gasteiger partial charge in [-0.05, 0) is 149 Å². The van der Waals surface area contributed by atoms with Gasteiger partial charge >= 0.3 is 6.03 Å². The van der Waals surface area contributed by atoms with Crippen molar-refractivity contribution in [1.29, 1.82) is 0 Å². The van der Waals surface area contributed by atoms with E-state index < -0.39 is 16.1 Å². The third-order valence-electron chi connectivity index (χ3n) is 11.6. The molecule has 0 unspecified atom stereocenters. The van der Waals surface area contributed by atoms with E-state index in [1.807, 2.05) is 11.8 Å². The maximum absolute atomic E-state index is 13.8. The maximum atomic E-state index is 13.8. The van der Waals surface area contributed by atoms with Crippen LogP contribution in [0.1, 0.15) is 89.0 Å². The first kappa shape index (κ1) is 24.5. The normalized spacial score (nSPS) is 41.2. The molecule has 37 heavy (non-hydrogen) atoms. The molecule has 0 heterocycles. The molecule has 1 aromatic rings. The monoisotopic (exact) mass is 524 g/mol. The number of nitrogens with one attached hydrogen (secondary N) is 1. The van der Waals surface area contributed by atoms with Gasteiger partial charge in [-0.15, -0.1) is 0 Å². The molecule has 8 aliphatic carbocycles. The van der Waals surface area contributed by atoms with E-state index in [-0.39, 0.29) is 10.3 Å². The third kappa shape index (κ3) is 4.63. The molecular formula is C31H44N2O3S. The van der Waals surface area contributed by atoms with E-state index in [2.05, 4.69) is 4.72 Å². The van der Waals surface area contributed by atoms with Gasteiger partial charge in [-0.1, -0.05) is 17.7 Å². The predicted molar refractivity (Wildman–Crippen MR) is 144 cm³/mol. The zero-order valence-electron chi connectivity index (χ0n) is 22.5. The Morgan fingerprint density at radius 3 is 1.68 bits per heavy atom. The number of carbonyl (C=O) groups is 1. The summed E-state index contributed by atoms with van der Waals surface area (Å²) < 4.78 is 28.9. The summed E-state index contributed by atoms with van der Waals surface area (Å²) in [6, 6.07) is 6.38. The molecule has 0 saturated heterocycles. The Hall–Kier alpha value is -1.56. The minimum Gasteiger partial charge on any atom is -0.323 e. The van der Waals surface area contributed by atoms with E-state index in [4.69, 9.17) is 0 Å². The van der Waals surface area contributed by atoms with Crippen molar-refractivity contribution >= 4 is 16.1 Å². The number of amides is 2. The molecule has 0 spiro atoms. The first-order chi connectivity index (χ1) is 17.7. The van der Waals surface area contributed by atoms with E-state index in [9.17, 15) is 13.2 Å². The van der Waals surface area contributed by atoms with Gasteiger partial charge in [0.05, 0.1) is 4.90 Å². The molecule has 0 aromatic heterocycles. The van der Waals surface area contributed by atoms with Crippen molar-refractivity contribution < 1.29 is 13.2 Å². The number of rotatable bonds is 7. The Kier molecular flexibility index (Phi) is 5.77. The number of urea groups is 1. The summed E-state index contributed by atoms with van der Waals surface area (Å²) in [6.07, 6.45) is 17.1. The molecule has 0 aliphatic heterocycles. The Balaban J connectivity index is 1.11. The van der Waals surface area contributed by atoms with Gasteiger partial charge in [0.2, 0.25) is 0 Å². The lowest BCUT2D eigenvalue weighted by Crippen LogP contribution is -2.55. The Bertz CT molecular complexity index is 1090. The molecule has 6 heteroatoms. The first-order valence-corrected chi connectivity index (χ1v) is 16.5. The highest BCUT2D eigenvalue weighted by molar-refractivity contribution is 7.90. The summed E-state index contributed by atoms with van der Waals surface area (Å²) in [5, 5.41) is 0. The smallest absolute Gasteiger partial charge is 0.323 e. The van der Waals surface area contributed by atoms with Crippen LogP contribution in [-0.4, -0.2) is 32.4 Å². The molecular weight excluding hydrogens is 480 g/mol. The second-order valence-electron chi connectivity index (χ2n) is 14.7. The van der Waals surface area contributed by atoms with Crippen LogP contribution < -0.4 is 4.72 Å². The number of aryl methyl sites for hydroxylation is 1. The van der Waals surface area contributed by atoms with Crippen molar-refractivity contribution in [3.05, 3.63) is 29.8 Å². The first-order valence-electron chi connectivity index (χ1n) is 15.1. The molecule has 0 radical (unpaired) electrons. The van der Waals surface area contributed by atoms with Gasteiger partial charge < -0.3 is 4.90 Å². The zero-order chi connectivity index (χ0) is 25.4. The summed E-state index contributed by atoms with van der Waals surface area (Å²) >= 11 is 0. The molecule has 8 bridgehead atoms. The van der Waals surface area contributed by atoms with E-state index in [1.165, 1.54) is 77.0 Å². The van der Waals surface area contributed by atoms with Crippen molar-refractivity contribution in [3.8, 4) is 0 Å². The van der Waals surface area contributed by atoms with Gasteiger partial charge in [-0.3, -0.25) is 0 Å². The van der Waals surface area contributed by atoms with Crippen LogP contribution in [-0.2, 0) is 10.0 Å². The van der Waals surface area contributed by atoms with Crippen molar-refractivity contribution in [3.63, 3.8) is 0 Å². The van der Waals surface area contributed by atoms with Crippen LogP contribution in [0, 0.1) is 53.3 Å². The van der Waals surface area contributed by atoms with Crippen LogP contribution in [0.2, 0.25) is 0 Å². The molecule has 8 saturated carbocycles. The van der Waals surface area contributed by atoms with Crippen molar-refractivity contribution in [2.24, 2.45) is 46.3 Å². The molecule has 5 nitrogen and oxygen atoms in total. The molecule has 2 amide bonds. The number of hydrogen-bond acceptors (Lipinski definition) is 3. The van der Waals surface area contributed by atoms with Crippen LogP contribution >= 0.6 is 0 Å². The summed E-state index contributed by atoms with van der Waals surface area (Å²) in [5.74, 6) is 5.11. The summed E-state index contributed by atoms with van der Waals surface area (Å²) in [4.78, 5) is 15.9. The summed E-state index contributed by atoms with van der Waals surface area (Å²) in [5.41, 5.74) is 1.58. The highest BCUT2D eigenvalue weighted by Crippen LogP contribution is 2.62. The van der Waals surface area contributed by atoms with Gasteiger partial charge in [0.1, 0.15) is 0 Å². The minimum absolute atomic E-state index is 0.169. The average molecular weight is 525 g/mol. The van der Waals surface area contributed by atoms with Gasteiger partial charge in [-0.25, -0.2) is 17.9 Å². The third-order valence-corrected chi connectivity index (χ3v) is 12.9. The quantitative estimate of drug-likeness (QED) is 0.442. The van der Waals surface area contributed by atoms with Gasteiger partial charge in [-0.2, -0.15) is 0 Å². The molecule has 1 N–H and O–H groups in total. The lowest BCUT2D eigenvalue weighted by molar-refractivity contribution is -0.0742. The minimum atomic E-state index is -3.89. The number of nitrogens with zero attached hydrogens (tertiary/aromatic N) is 1. The van der Waals surface area contributed by atoms with Crippen LogP contribution in [0.4, 0.5) is 4.79 Å². The fourth-order valence-electron chi connectivity index (χ4n) is 11.1. The van der Waals surface area contributed by atoms with Crippen molar-refractivity contribution in [1.82, 2.24) is 9.62 Å². The number of carbonyl (C=O) groups excluding carboxylic acids is 1. The van der Waals surface area contributed by atoms with Crippen LogP contribution in [0.3, 0.4) is 0 Å². The topological polar surface area (TPSA) is 66.5 Å². The SMILES string of the molecule is Cc1ccc(S(=O)(=O)NC(=O)N(CCC23CC4CC(CC(C4)C2)C3)CC23CC4CC(CC(C4)C2)C3)cc1. The molecule has 1 aromatic carbocycles. The Morgan fingerprint density at radius 2 is 1.22 bits per heavy atom. The average Bonchev–Trinajstić information content (AvgIpc) is 2.80. The maximum Gasteiger partial charge on any atom is 0.331 e. The lowest BCUT2D eigenvalue weighted by Gasteiger charge is -2.58. The second kappa shape index (κ2) is 8.72. The van der Waals surface area contributed by atoms with E-state index >= 15 is 0 Å². The Labute approximate surface area is 223 Å². The molecule has 8 aliphatic rings. The highest BCUT2D eigenvalue weighted by Gasteiger charge is 2.53. The lowest BCUT2D eigenvalue weighted by atomic mass is 9.48. The predicted octanol–water partition coefficient (Wildman–Crippen LogP) is 6.52. The molecule has 9 rings (SSSR count). The summed E-state index contributed by atoms with van der Waals surface area (Å²) in [6.45, 7) is 3.37. The van der Waals surface area contributed by atoms with E-state index in [0.29, 0.717) is 12.0 Å². The number of sulfonamides is 1. The highest BCUT2D eigenvalue weighted by atomic mass is 32.2. The second-order valence-corrected chi connectivity index (χ2v) is 16.4. The number of benzene rings is 1. The van der Waals surface area contributed by atoms with Crippen LogP contribution in [0.5, 0.6) is 0 Å². The van der Waals surface area contributed by atoms with Gasteiger partial charge in [0.25, 0.3) is 10.0 Å². The molecule has 202 valence electrons. The largest absolute Gasteiger partial charge is 0.331 e. The standard InChI is InChI=1S/C31H44N2O3S/c1-21-2-4-28(5-3-21)37(35,36)32-29(34)33(20-31-17-25-11-26(18-31)13-27(12-25)19-31)7-6-30-14-22-8-23(15-30)10-24(9-22)16-30/h2-5,22-27H,6-20H2,1H3,(H,32,34). The Morgan fingerprint density at radius 1 is 0.784 bits per heavy atom. The van der Waals surface area contributed by atoms with Gasteiger partial charge in [0, 0.05) is 13.1 Å². The molecule has 8 fully saturated rings. The van der Waals surface area contributed by atoms with Crippen LogP contribution in [0.25, 0.3) is 0 Å². The van der Waals surface area contributed by atoms with E-state index in [1.54, 1.807) is 24.3 Å². The van der Waals surface area contributed by atoms with Crippen molar-refractivity contribution in [2.75, 3.05) is 13.1 Å². The fraction of sp³-hybridized carbons (Fsp3) is 0.774. The fourth-order valence-corrected chi connectivity index (χ4v) is 12.0.